The van der Waals surface area contributed by atoms with Crippen LogP contribution in [0.25, 0.3) is 11.0 Å². The number of aromatic amines is 1. The van der Waals surface area contributed by atoms with Crippen molar-refractivity contribution in [1.29, 1.82) is 0 Å². The average molecular weight is 551 g/mol. The van der Waals surface area contributed by atoms with E-state index >= 15 is 0 Å². The Hall–Kier alpha value is -4.49. The van der Waals surface area contributed by atoms with E-state index in [1.807, 2.05) is 0 Å². The molecule has 0 aliphatic rings. The molecule has 0 saturated carbocycles. The van der Waals surface area contributed by atoms with Crippen molar-refractivity contribution < 1.29 is 57.2 Å². The normalized spacial score (nSPS) is 14.6. The predicted octanol–water partition coefficient (Wildman–Crippen LogP) is 1.46. The van der Waals surface area contributed by atoms with Gasteiger partial charge in [-0.15, -0.1) is 0 Å². The molecule has 5 atom stereocenters. The molecule has 0 unspecified atom stereocenters. The number of esters is 6. The highest BCUT2D eigenvalue weighted by Crippen LogP contribution is 2.31. The van der Waals surface area contributed by atoms with Gasteiger partial charge in [0.25, 0.3) is 0 Å². The molecule has 2 rings (SSSR count). The SMILES string of the molecule is CC(=O)OC[C@@H](OC(C)=O)[C@@H](OC(C)=O)[C@H](OC(C)=O)[C@@H](OC(C)=O)[C@@H](OC(C)=O)c1nc2ccccc2[nH]1. The molecule has 39 heavy (non-hydrogen) atoms. The van der Waals surface area contributed by atoms with E-state index in [4.69, 9.17) is 28.4 Å². The number of ether oxygens (including phenoxy) is 6. The Labute approximate surface area is 223 Å². The molecule has 2 aromatic rings. The fourth-order valence-electron chi connectivity index (χ4n) is 3.72. The summed E-state index contributed by atoms with van der Waals surface area (Å²) in [6.45, 7) is 5.70. The zero-order valence-corrected chi connectivity index (χ0v) is 22.2. The Morgan fingerprint density at radius 3 is 1.69 bits per heavy atom. The molecular formula is C25H30N2O12. The third-order valence-electron chi connectivity index (χ3n) is 4.96. The van der Waals surface area contributed by atoms with Gasteiger partial charge in [0.2, 0.25) is 0 Å². The van der Waals surface area contributed by atoms with Crippen LogP contribution < -0.4 is 0 Å². The number of para-hydroxylation sites is 2. The van der Waals surface area contributed by atoms with Crippen LogP contribution in [0, 0.1) is 0 Å². The Morgan fingerprint density at radius 2 is 1.18 bits per heavy atom. The van der Waals surface area contributed by atoms with Crippen LogP contribution in [0.4, 0.5) is 0 Å². The van der Waals surface area contributed by atoms with E-state index in [2.05, 4.69) is 9.97 Å². The smallest absolute Gasteiger partial charge is 0.303 e. The van der Waals surface area contributed by atoms with Crippen LogP contribution in [0.2, 0.25) is 0 Å². The molecule has 14 heteroatoms. The predicted molar refractivity (Wildman–Crippen MR) is 129 cm³/mol. The number of carbonyl (C=O) groups is 6. The topological polar surface area (TPSA) is 186 Å². The van der Waals surface area contributed by atoms with Gasteiger partial charge in [-0.1, -0.05) is 12.1 Å². The van der Waals surface area contributed by atoms with Crippen molar-refractivity contribution in [3.05, 3.63) is 30.1 Å². The summed E-state index contributed by atoms with van der Waals surface area (Å²) >= 11 is 0. The number of hydrogen-bond donors (Lipinski definition) is 1. The van der Waals surface area contributed by atoms with Crippen molar-refractivity contribution in [2.45, 2.75) is 72.1 Å². The number of nitrogens with zero attached hydrogens (tertiary/aromatic N) is 1. The summed E-state index contributed by atoms with van der Waals surface area (Å²) in [7, 11) is 0. The first-order valence-electron chi connectivity index (χ1n) is 11.7. The summed E-state index contributed by atoms with van der Waals surface area (Å²) in [5.74, 6) is -5.16. The van der Waals surface area contributed by atoms with E-state index in [0.29, 0.717) is 11.0 Å². The standard InChI is InChI=1S/C25H30N2O12/c1-12(28)34-11-20(35-13(2)29)21(36-14(3)30)22(37-15(4)31)23(38-16(5)32)24(39-17(6)33)25-26-18-9-7-8-10-19(18)27-25/h7-10,20-24H,11H2,1-6H3,(H,26,27)/t20-,21-,22+,23-,24-/m1/s1. The van der Waals surface area contributed by atoms with E-state index in [9.17, 15) is 28.8 Å². The van der Waals surface area contributed by atoms with Crippen LogP contribution in [0.1, 0.15) is 53.5 Å². The van der Waals surface area contributed by atoms with E-state index < -0.39 is 72.9 Å². The summed E-state index contributed by atoms with van der Waals surface area (Å²) in [6.07, 6.45) is -8.23. The lowest BCUT2D eigenvalue weighted by atomic mass is 9.97. The van der Waals surface area contributed by atoms with Gasteiger partial charge in [0.15, 0.2) is 36.3 Å². The van der Waals surface area contributed by atoms with Crippen LogP contribution in [-0.2, 0) is 57.2 Å². The second-order valence-corrected chi connectivity index (χ2v) is 8.34. The van der Waals surface area contributed by atoms with Gasteiger partial charge in [-0.05, 0) is 12.1 Å². The Bertz CT molecular complexity index is 1190. The second kappa shape index (κ2) is 13.9. The number of carbonyl (C=O) groups excluding carboxylic acids is 6. The Kier molecular flexibility index (Phi) is 10.9. The van der Waals surface area contributed by atoms with E-state index in [1.54, 1.807) is 24.3 Å². The second-order valence-electron chi connectivity index (χ2n) is 8.34. The highest BCUT2D eigenvalue weighted by Gasteiger charge is 2.49. The first-order chi connectivity index (χ1) is 18.3. The van der Waals surface area contributed by atoms with Gasteiger partial charge in [-0.2, -0.15) is 0 Å². The first kappa shape index (κ1) is 30.7. The number of H-pyrrole nitrogens is 1. The molecule has 0 aliphatic carbocycles. The van der Waals surface area contributed by atoms with E-state index in [-0.39, 0.29) is 5.82 Å². The van der Waals surface area contributed by atoms with Crippen LogP contribution in [0.5, 0.6) is 0 Å². The van der Waals surface area contributed by atoms with Crippen LogP contribution in [0.3, 0.4) is 0 Å². The number of rotatable bonds is 12. The minimum Gasteiger partial charge on any atom is -0.462 e. The quantitative estimate of drug-likeness (QED) is 0.296. The van der Waals surface area contributed by atoms with Gasteiger partial charge in [0.05, 0.1) is 11.0 Å². The summed E-state index contributed by atoms with van der Waals surface area (Å²) in [5, 5.41) is 0. The minimum atomic E-state index is -1.76. The Morgan fingerprint density at radius 1 is 0.667 bits per heavy atom. The van der Waals surface area contributed by atoms with Crippen molar-refractivity contribution in [3.8, 4) is 0 Å². The zero-order chi connectivity index (χ0) is 29.3. The van der Waals surface area contributed by atoms with Gasteiger partial charge in [-0.3, -0.25) is 28.8 Å². The third kappa shape index (κ3) is 9.39. The van der Waals surface area contributed by atoms with Crippen molar-refractivity contribution >= 4 is 46.8 Å². The summed E-state index contributed by atoms with van der Waals surface area (Å²) in [4.78, 5) is 79.6. The molecule has 14 nitrogen and oxygen atoms in total. The number of imidazole rings is 1. The molecule has 0 bridgehead atoms. The van der Waals surface area contributed by atoms with Crippen LogP contribution >= 0.6 is 0 Å². The van der Waals surface area contributed by atoms with Gasteiger partial charge < -0.3 is 33.4 Å². The zero-order valence-electron chi connectivity index (χ0n) is 22.2. The van der Waals surface area contributed by atoms with Crippen molar-refractivity contribution in [1.82, 2.24) is 9.97 Å². The highest BCUT2D eigenvalue weighted by molar-refractivity contribution is 5.75. The maximum atomic E-state index is 12.2. The molecule has 1 N–H and O–H groups in total. The minimum absolute atomic E-state index is 0.000370. The fourth-order valence-corrected chi connectivity index (χ4v) is 3.72. The van der Waals surface area contributed by atoms with E-state index in [0.717, 1.165) is 41.5 Å². The third-order valence-corrected chi connectivity index (χ3v) is 4.96. The lowest BCUT2D eigenvalue weighted by Crippen LogP contribution is -2.55. The molecule has 0 spiro atoms. The molecule has 1 aromatic heterocycles. The van der Waals surface area contributed by atoms with Crippen molar-refractivity contribution in [3.63, 3.8) is 0 Å². The molecule has 0 radical (unpaired) electrons. The monoisotopic (exact) mass is 550 g/mol. The number of benzene rings is 1. The molecular weight excluding hydrogens is 520 g/mol. The van der Waals surface area contributed by atoms with Crippen LogP contribution in [-0.4, -0.2) is 76.8 Å². The Balaban J connectivity index is 2.75. The summed E-state index contributed by atoms with van der Waals surface area (Å²) < 4.78 is 32.0. The maximum Gasteiger partial charge on any atom is 0.303 e. The summed E-state index contributed by atoms with van der Waals surface area (Å²) in [5.41, 5.74) is 1.01. The fraction of sp³-hybridized carbons (Fsp3) is 0.480. The van der Waals surface area contributed by atoms with Crippen molar-refractivity contribution in [2.75, 3.05) is 6.61 Å². The van der Waals surface area contributed by atoms with Gasteiger partial charge >= 0.3 is 35.8 Å². The molecule has 1 heterocycles. The lowest BCUT2D eigenvalue weighted by Gasteiger charge is -2.37. The highest BCUT2D eigenvalue weighted by atomic mass is 16.6. The molecule has 0 fully saturated rings. The molecule has 0 amide bonds. The molecule has 0 saturated heterocycles. The first-order valence-corrected chi connectivity index (χ1v) is 11.7. The molecule has 212 valence electrons. The van der Waals surface area contributed by atoms with Gasteiger partial charge in [-0.25, -0.2) is 4.98 Å². The van der Waals surface area contributed by atoms with Gasteiger partial charge in [0.1, 0.15) is 6.61 Å². The largest absolute Gasteiger partial charge is 0.462 e. The van der Waals surface area contributed by atoms with E-state index in [1.165, 1.54) is 0 Å². The van der Waals surface area contributed by atoms with Gasteiger partial charge in [0, 0.05) is 41.5 Å². The van der Waals surface area contributed by atoms with Crippen LogP contribution in [0.15, 0.2) is 24.3 Å². The number of hydrogen-bond acceptors (Lipinski definition) is 13. The number of nitrogens with one attached hydrogen (secondary N) is 1. The average Bonchev–Trinajstić information content (AvgIpc) is 3.24. The molecule has 1 aromatic carbocycles. The van der Waals surface area contributed by atoms with Crippen molar-refractivity contribution in [2.24, 2.45) is 0 Å². The molecule has 0 aliphatic heterocycles. The maximum absolute atomic E-state index is 12.2. The number of fused-ring (bicyclic) bond motifs is 1. The lowest BCUT2D eigenvalue weighted by molar-refractivity contribution is -0.214. The summed E-state index contributed by atoms with van der Waals surface area (Å²) in [6, 6.07) is 6.81. The number of aromatic nitrogens is 2.